The monoisotopic (exact) mass is 525 g/mol. The van der Waals surface area contributed by atoms with E-state index < -0.39 is 6.04 Å². The Morgan fingerprint density at radius 1 is 1.13 bits per heavy atom. The van der Waals surface area contributed by atoms with E-state index in [9.17, 15) is 4.79 Å². The van der Waals surface area contributed by atoms with Gasteiger partial charge in [-0.15, -0.1) is 0 Å². The number of hydrogen-bond donors (Lipinski definition) is 2. The van der Waals surface area contributed by atoms with E-state index in [0.29, 0.717) is 50.4 Å². The van der Waals surface area contributed by atoms with E-state index in [-0.39, 0.29) is 11.4 Å². The van der Waals surface area contributed by atoms with Crippen LogP contribution in [0, 0.1) is 17.8 Å². The summed E-state index contributed by atoms with van der Waals surface area (Å²) in [6.07, 6.45) is 5.25. The number of halogens is 1. The van der Waals surface area contributed by atoms with Gasteiger partial charge in [-0.3, -0.25) is 14.4 Å². The van der Waals surface area contributed by atoms with Gasteiger partial charge in [0, 0.05) is 7.05 Å². The van der Waals surface area contributed by atoms with Crippen LogP contribution in [0.15, 0.2) is 76.8 Å². The van der Waals surface area contributed by atoms with E-state index in [4.69, 9.17) is 22.3 Å². The number of aromatic nitrogens is 4. The molecule has 4 rings (SSSR count). The fourth-order valence-electron chi connectivity index (χ4n) is 3.81. The zero-order chi connectivity index (χ0) is 27.2. The molecule has 2 aromatic heterocycles. The number of nitrogens with two attached hydrogens (primary N) is 1. The average Bonchev–Trinajstić information content (AvgIpc) is 2.90. The standard InChI is InChI=1S/C29H28ClN7O/c1-18(2)13-14-20(32-4)15-16-22-26(31)33-17-34-27(22)35-19(3)28-36-24-12-8-11-23(30)25(24)29(38)37(28)21-9-6-5-7-10-21/h5-14,17-19H,1-4H3,(H3,31,33,34,35)/b14-13-,32-20?. The minimum atomic E-state index is -0.471. The van der Waals surface area contributed by atoms with Crippen molar-refractivity contribution in [3.8, 4) is 17.5 Å². The quantitative estimate of drug-likeness (QED) is 0.264. The second kappa shape index (κ2) is 11.7. The van der Waals surface area contributed by atoms with Crippen LogP contribution in [0.2, 0.25) is 5.02 Å². The Hall–Kier alpha value is -4.48. The summed E-state index contributed by atoms with van der Waals surface area (Å²) in [5, 5.41) is 4.03. The Balaban J connectivity index is 1.81. The van der Waals surface area contributed by atoms with Crippen LogP contribution in [0.4, 0.5) is 11.6 Å². The number of anilines is 2. The van der Waals surface area contributed by atoms with Gasteiger partial charge in [0.05, 0.1) is 27.7 Å². The number of nitrogen functional groups attached to an aromatic ring is 1. The van der Waals surface area contributed by atoms with E-state index >= 15 is 0 Å². The van der Waals surface area contributed by atoms with E-state index in [0.717, 1.165) is 0 Å². The maximum atomic E-state index is 13.7. The lowest BCUT2D eigenvalue weighted by Gasteiger charge is -2.21. The van der Waals surface area contributed by atoms with Gasteiger partial charge in [-0.1, -0.05) is 61.7 Å². The van der Waals surface area contributed by atoms with Gasteiger partial charge in [0.1, 0.15) is 35.1 Å². The van der Waals surface area contributed by atoms with Gasteiger partial charge in [-0.25, -0.2) is 15.0 Å². The van der Waals surface area contributed by atoms with E-state index in [1.54, 1.807) is 29.8 Å². The molecule has 0 amide bonds. The molecule has 0 bridgehead atoms. The normalized spacial score (nSPS) is 12.5. The Bertz CT molecular complexity index is 1650. The summed E-state index contributed by atoms with van der Waals surface area (Å²) in [6.45, 7) is 6.04. The van der Waals surface area contributed by atoms with Crippen LogP contribution in [0.1, 0.15) is 38.2 Å². The molecule has 4 aromatic rings. The van der Waals surface area contributed by atoms with Crippen LogP contribution in [0.5, 0.6) is 0 Å². The molecule has 0 aliphatic heterocycles. The molecule has 192 valence electrons. The lowest BCUT2D eigenvalue weighted by atomic mass is 10.1. The molecule has 38 heavy (non-hydrogen) atoms. The predicted molar refractivity (Wildman–Crippen MR) is 155 cm³/mol. The van der Waals surface area contributed by atoms with Crippen LogP contribution in [-0.2, 0) is 0 Å². The highest BCUT2D eigenvalue weighted by Crippen LogP contribution is 2.26. The van der Waals surface area contributed by atoms with Crippen molar-refractivity contribution in [2.24, 2.45) is 10.9 Å². The van der Waals surface area contributed by atoms with Crippen molar-refractivity contribution >= 4 is 39.9 Å². The number of benzene rings is 2. The number of para-hydroxylation sites is 1. The number of aliphatic imine (C=N–C) groups is 1. The summed E-state index contributed by atoms with van der Waals surface area (Å²) >= 11 is 6.40. The van der Waals surface area contributed by atoms with Gasteiger partial charge < -0.3 is 11.1 Å². The molecule has 2 aromatic carbocycles. The first kappa shape index (κ1) is 26.6. The summed E-state index contributed by atoms with van der Waals surface area (Å²) in [5.41, 5.74) is 8.12. The molecule has 8 nitrogen and oxygen atoms in total. The van der Waals surface area contributed by atoms with E-state index in [1.165, 1.54) is 6.33 Å². The molecule has 0 saturated carbocycles. The molecule has 1 unspecified atom stereocenters. The van der Waals surface area contributed by atoms with Gasteiger partial charge in [-0.05, 0) is 49.1 Å². The van der Waals surface area contributed by atoms with Crippen molar-refractivity contribution in [1.82, 2.24) is 19.5 Å². The van der Waals surface area contributed by atoms with Crippen LogP contribution in [0.25, 0.3) is 16.6 Å². The number of rotatable bonds is 6. The Morgan fingerprint density at radius 2 is 1.89 bits per heavy atom. The highest BCUT2D eigenvalue weighted by atomic mass is 35.5. The van der Waals surface area contributed by atoms with Crippen LogP contribution in [-0.4, -0.2) is 32.3 Å². The van der Waals surface area contributed by atoms with Crippen LogP contribution >= 0.6 is 11.6 Å². The Morgan fingerprint density at radius 3 is 2.61 bits per heavy atom. The minimum absolute atomic E-state index is 0.226. The summed E-state index contributed by atoms with van der Waals surface area (Å²) in [5.74, 6) is 7.58. The number of fused-ring (bicyclic) bond motifs is 1. The Labute approximate surface area is 226 Å². The molecule has 2 heterocycles. The average molecular weight is 526 g/mol. The van der Waals surface area contributed by atoms with Crippen molar-refractivity contribution in [2.75, 3.05) is 18.1 Å². The van der Waals surface area contributed by atoms with Crippen molar-refractivity contribution in [1.29, 1.82) is 0 Å². The molecule has 0 radical (unpaired) electrons. The second-order valence-corrected chi connectivity index (χ2v) is 9.30. The molecule has 9 heteroatoms. The molecule has 0 saturated heterocycles. The molecule has 0 aliphatic rings. The third-order valence-electron chi connectivity index (χ3n) is 5.70. The highest BCUT2D eigenvalue weighted by Gasteiger charge is 2.21. The van der Waals surface area contributed by atoms with E-state index in [1.807, 2.05) is 49.4 Å². The maximum absolute atomic E-state index is 13.7. The molecule has 3 N–H and O–H groups in total. The van der Waals surface area contributed by atoms with Crippen molar-refractivity contribution < 1.29 is 0 Å². The fraction of sp³-hybridized carbons (Fsp3) is 0.207. The van der Waals surface area contributed by atoms with E-state index in [2.05, 4.69) is 46.0 Å². The molecular weight excluding hydrogens is 498 g/mol. The van der Waals surface area contributed by atoms with Crippen molar-refractivity contribution in [3.05, 3.63) is 93.8 Å². The first-order valence-electron chi connectivity index (χ1n) is 12.1. The van der Waals surface area contributed by atoms with Crippen LogP contribution in [0.3, 0.4) is 0 Å². The Kier molecular flexibility index (Phi) is 8.19. The van der Waals surface area contributed by atoms with Crippen LogP contribution < -0.4 is 16.6 Å². The SMILES string of the molecule is CN=C(C#Cc1c(N)ncnc1NC(C)c1nc2cccc(Cl)c2c(=O)n1-c1ccccc1)/C=C\C(C)C. The molecule has 0 fully saturated rings. The third kappa shape index (κ3) is 5.74. The first-order chi connectivity index (χ1) is 18.3. The zero-order valence-corrected chi connectivity index (χ0v) is 22.4. The third-order valence-corrected chi connectivity index (χ3v) is 6.01. The fourth-order valence-corrected chi connectivity index (χ4v) is 4.06. The number of allylic oxidation sites excluding steroid dienone is 2. The topological polar surface area (TPSA) is 111 Å². The van der Waals surface area contributed by atoms with Gasteiger partial charge in [0.25, 0.3) is 5.56 Å². The lowest BCUT2D eigenvalue weighted by molar-refractivity contribution is 0.730. The van der Waals surface area contributed by atoms with Gasteiger partial charge in [0.15, 0.2) is 0 Å². The summed E-state index contributed by atoms with van der Waals surface area (Å²) in [7, 11) is 1.68. The number of nitrogens with zero attached hydrogens (tertiary/aromatic N) is 5. The number of hydrogen-bond acceptors (Lipinski definition) is 7. The smallest absolute Gasteiger partial charge is 0.267 e. The van der Waals surface area contributed by atoms with Crippen molar-refractivity contribution in [2.45, 2.75) is 26.8 Å². The molecular formula is C29H28ClN7O. The molecule has 0 spiro atoms. The lowest BCUT2D eigenvalue weighted by Crippen LogP contribution is -2.27. The molecule has 0 aliphatic carbocycles. The van der Waals surface area contributed by atoms with Gasteiger partial charge in [-0.2, -0.15) is 0 Å². The molecule has 1 atom stereocenters. The summed E-state index contributed by atoms with van der Waals surface area (Å²) in [6, 6.07) is 14.0. The van der Waals surface area contributed by atoms with Crippen molar-refractivity contribution in [3.63, 3.8) is 0 Å². The zero-order valence-electron chi connectivity index (χ0n) is 21.6. The number of nitrogens with one attached hydrogen (secondary N) is 1. The first-order valence-corrected chi connectivity index (χ1v) is 12.5. The van der Waals surface area contributed by atoms with Gasteiger partial charge in [0.2, 0.25) is 0 Å². The van der Waals surface area contributed by atoms with Gasteiger partial charge >= 0.3 is 0 Å². The second-order valence-electron chi connectivity index (χ2n) is 8.89. The maximum Gasteiger partial charge on any atom is 0.267 e. The minimum Gasteiger partial charge on any atom is -0.382 e. The summed E-state index contributed by atoms with van der Waals surface area (Å²) < 4.78 is 1.56. The summed E-state index contributed by atoms with van der Waals surface area (Å²) in [4.78, 5) is 31.2. The largest absolute Gasteiger partial charge is 0.382 e. The predicted octanol–water partition coefficient (Wildman–Crippen LogP) is 5.22. The highest BCUT2D eigenvalue weighted by molar-refractivity contribution is 6.35.